The molecule has 3 rings (SSSR count). The molecular weight excluding hydrogens is 321 g/mol. The molecule has 1 saturated heterocycles. The standard InChI is InChI=1S/C16H17ClFN3O2/c17-12-3-4-14(15(18)9-12)16(22)20-6-2-8-23-13(10-20)11-21-7-1-5-19-21/h1,3-5,7,9,13H,2,6,8,10-11H2/t13-/m1/s1. The van der Waals surface area contributed by atoms with Crippen LogP contribution in [0.25, 0.3) is 0 Å². The predicted octanol–water partition coefficient (Wildman–Crippen LogP) is 2.61. The second kappa shape index (κ2) is 7.10. The fourth-order valence-electron chi connectivity index (χ4n) is 2.64. The molecule has 0 N–H and O–H groups in total. The smallest absolute Gasteiger partial charge is 0.256 e. The van der Waals surface area contributed by atoms with Gasteiger partial charge >= 0.3 is 0 Å². The Labute approximate surface area is 138 Å². The third-order valence-corrected chi connectivity index (χ3v) is 3.98. The van der Waals surface area contributed by atoms with Gasteiger partial charge in [0.15, 0.2) is 0 Å². The minimum Gasteiger partial charge on any atom is -0.374 e. The van der Waals surface area contributed by atoms with Gasteiger partial charge in [-0.3, -0.25) is 9.48 Å². The lowest BCUT2D eigenvalue weighted by Crippen LogP contribution is -2.38. The van der Waals surface area contributed by atoms with Crippen molar-refractivity contribution in [2.75, 3.05) is 19.7 Å². The van der Waals surface area contributed by atoms with E-state index in [0.717, 1.165) is 12.5 Å². The van der Waals surface area contributed by atoms with E-state index in [1.165, 1.54) is 12.1 Å². The summed E-state index contributed by atoms with van der Waals surface area (Å²) in [6.45, 7) is 2.07. The number of nitrogens with zero attached hydrogens (tertiary/aromatic N) is 3. The molecule has 2 aromatic rings. The van der Waals surface area contributed by atoms with E-state index in [9.17, 15) is 9.18 Å². The zero-order chi connectivity index (χ0) is 16.2. The number of carbonyl (C=O) groups excluding carboxylic acids is 1. The van der Waals surface area contributed by atoms with Crippen LogP contribution in [-0.4, -0.2) is 46.4 Å². The van der Waals surface area contributed by atoms with Crippen molar-refractivity contribution in [1.29, 1.82) is 0 Å². The summed E-state index contributed by atoms with van der Waals surface area (Å²) in [5.74, 6) is -0.938. The van der Waals surface area contributed by atoms with E-state index in [1.54, 1.807) is 15.8 Å². The summed E-state index contributed by atoms with van der Waals surface area (Å²) in [5, 5.41) is 4.42. The monoisotopic (exact) mass is 337 g/mol. The topological polar surface area (TPSA) is 47.4 Å². The number of hydrogen-bond acceptors (Lipinski definition) is 3. The van der Waals surface area contributed by atoms with Crippen LogP contribution in [0.2, 0.25) is 5.02 Å². The first-order chi connectivity index (χ1) is 11.1. The van der Waals surface area contributed by atoms with Gasteiger partial charge in [0.1, 0.15) is 5.82 Å². The van der Waals surface area contributed by atoms with Crippen LogP contribution in [0.3, 0.4) is 0 Å². The number of rotatable bonds is 3. The van der Waals surface area contributed by atoms with Crippen molar-refractivity contribution in [3.05, 3.63) is 53.1 Å². The molecule has 1 fully saturated rings. The quantitative estimate of drug-likeness (QED) is 0.865. The Morgan fingerprint density at radius 3 is 3.09 bits per heavy atom. The Morgan fingerprint density at radius 2 is 2.35 bits per heavy atom. The Morgan fingerprint density at radius 1 is 1.48 bits per heavy atom. The minimum atomic E-state index is -0.601. The maximum absolute atomic E-state index is 14.0. The average Bonchev–Trinajstić information content (AvgIpc) is 2.91. The SMILES string of the molecule is O=C(c1ccc(Cl)cc1F)N1CCCO[C@@H](Cn2cccn2)C1. The Balaban J connectivity index is 1.73. The highest BCUT2D eigenvalue weighted by molar-refractivity contribution is 6.30. The highest BCUT2D eigenvalue weighted by atomic mass is 35.5. The third kappa shape index (κ3) is 3.89. The number of benzene rings is 1. The van der Waals surface area contributed by atoms with Crippen LogP contribution in [0.4, 0.5) is 4.39 Å². The largest absolute Gasteiger partial charge is 0.374 e. The van der Waals surface area contributed by atoms with E-state index < -0.39 is 5.82 Å². The maximum Gasteiger partial charge on any atom is 0.256 e. The lowest BCUT2D eigenvalue weighted by Gasteiger charge is -2.24. The van der Waals surface area contributed by atoms with Crippen molar-refractivity contribution in [3.63, 3.8) is 0 Å². The zero-order valence-electron chi connectivity index (χ0n) is 12.5. The molecule has 1 aliphatic rings. The van der Waals surface area contributed by atoms with Crippen LogP contribution in [-0.2, 0) is 11.3 Å². The van der Waals surface area contributed by atoms with Crippen LogP contribution in [0, 0.1) is 5.82 Å². The van der Waals surface area contributed by atoms with Crippen LogP contribution in [0.15, 0.2) is 36.7 Å². The summed E-state index contributed by atoms with van der Waals surface area (Å²) in [6.07, 6.45) is 4.09. The van der Waals surface area contributed by atoms with Crippen molar-refractivity contribution in [2.24, 2.45) is 0 Å². The molecule has 122 valence electrons. The van der Waals surface area contributed by atoms with E-state index in [0.29, 0.717) is 26.2 Å². The first kappa shape index (κ1) is 16.0. The minimum absolute atomic E-state index is 0.0362. The number of hydrogen-bond donors (Lipinski definition) is 0. The summed E-state index contributed by atoms with van der Waals surface area (Å²) in [6, 6.07) is 5.94. The van der Waals surface area contributed by atoms with Crippen molar-refractivity contribution >= 4 is 17.5 Å². The molecule has 0 unspecified atom stereocenters. The van der Waals surface area contributed by atoms with Gasteiger partial charge in [0.2, 0.25) is 0 Å². The number of ether oxygens (including phenoxy) is 1. The van der Waals surface area contributed by atoms with Gasteiger partial charge in [0.05, 0.1) is 18.2 Å². The van der Waals surface area contributed by atoms with Gasteiger partial charge in [-0.1, -0.05) is 11.6 Å². The van der Waals surface area contributed by atoms with Crippen molar-refractivity contribution < 1.29 is 13.9 Å². The summed E-state index contributed by atoms with van der Waals surface area (Å²) in [7, 11) is 0. The molecule has 0 radical (unpaired) electrons. The van der Waals surface area contributed by atoms with Crippen LogP contribution >= 0.6 is 11.6 Å². The van der Waals surface area contributed by atoms with E-state index in [4.69, 9.17) is 16.3 Å². The summed E-state index contributed by atoms with van der Waals surface area (Å²) in [5.41, 5.74) is 0.0362. The molecule has 1 aromatic heterocycles. The summed E-state index contributed by atoms with van der Waals surface area (Å²) in [4.78, 5) is 14.2. The van der Waals surface area contributed by atoms with Crippen molar-refractivity contribution in [3.8, 4) is 0 Å². The van der Waals surface area contributed by atoms with Gasteiger partial charge < -0.3 is 9.64 Å². The normalized spacial score (nSPS) is 18.7. The predicted molar refractivity (Wildman–Crippen MR) is 83.9 cm³/mol. The van der Waals surface area contributed by atoms with Crippen molar-refractivity contribution in [2.45, 2.75) is 19.1 Å². The molecule has 5 nitrogen and oxygen atoms in total. The number of halogens is 2. The van der Waals surface area contributed by atoms with Crippen LogP contribution < -0.4 is 0 Å². The molecule has 0 aliphatic carbocycles. The van der Waals surface area contributed by atoms with E-state index in [1.807, 2.05) is 12.3 Å². The molecular formula is C16H17ClFN3O2. The van der Waals surface area contributed by atoms with Gasteiger partial charge in [-0.05, 0) is 30.7 Å². The first-order valence-corrected chi connectivity index (χ1v) is 7.84. The number of amides is 1. The van der Waals surface area contributed by atoms with Crippen LogP contribution in [0.1, 0.15) is 16.8 Å². The fraction of sp³-hybridized carbons (Fsp3) is 0.375. The molecule has 1 aliphatic heterocycles. The van der Waals surface area contributed by atoms with Crippen molar-refractivity contribution in [1.82, 2.24) is 14.7 Å². The lowest BCUT2D eigenvalue weighted by molar-refractivity contribution is 0.0366. The Kier molecular flexibility index (Phi) is 4.93. The average molecular weight is 338 g/mol. The Bertz CT molecular complexity index is 678. The molecule has 1 atom stereocenters. The molecule has 2 heterocycles. The van der Waals surface area contributed by atoms with E-state index >= 15 is 0 Å². The third-order valence-electron chi connectivity index (χ3n) is 3.75. The molecule has 1 aromatic carbocycles. The summed E-state index contributed by atoms with van der Waals surface area (Å²) >= 11 is 5.74. The molecule has 0 bridgehead atoms. The second-order valence-electron chi connectivity index (χ2n) is 5.45. The highest BCUT2D eigenvalue weighted by Gasteiger charge is 2.25. The number of aromatic nitrogens is 2. The van der Waals surface area contributed by atoms with Crippen LogP contribution in [0.5, 0.6) is 0 Å². The molecule has 7 heteroatoms. The first-order valence-electron chi connectivity index (χ1n) is 7.47. The molecule has 23 heavy (non-hydrogen) atoms. The van der Waals surface area contributed by atoms with Gasteiger partial charge in [-0.2, -0.15) is 5.10 Å². The second-order valence-corrected chi connectivity index (χ2v) is 5.89. The van der Waals surface area contributed by atoms with Gasteiger partial charge in [-0.15, -0.1) is 0 Å². The van der Waals surface area contributed by atoms with E-state index in [2.05, 4.69) is 5.10 Å². The molecule has 1 amide bonds. The van der Waals surface area contributed by atoms with E-state index in [-0.39, 0.29) is 22.6 Å². The lowest BCUT2D eigenvalue weighted by atomic mass is 10.1. The highest BCUT2D eigenvalue weighted by Crippen LogP contribution is 2.18. The number of carbonyl (C=O) groups is 1. The molecule has 0 saturated carbocycles. The van der Waals surface area contributed by atoms with Gasteiger partial charge in [0.25, 0.3) is 5.91 Å². The molecule has 0 spiro atoms. The fourth-order valence-corrected chi connectivity index (χ4v) is 2.80. The Hall–Kier alpha value is -1.92. The maximum atomic E-state index is 14.0. The zero-order valence-corrected chi connectivity index (χ0v) is 13.2. The summed E-state index contributed by atoms with van der Waals surface area (Å²) < 4.78 is 21.5. The van der Waals surface area contributed by atoms with Gasteiger partial charge in [0, 0.05) is 37.1 Å². The van der Waals surface area contributed by atoms with Gasteiger partial charge in [-0.25, -0.2) is 4.39 Å².